The van der Waals surface area contributed by atoms with Crippen LogP contribution in [0.3, 0.4) is 0 Å². The second kappa shape index (κ2) is 5.06. The maximum absolute atomic E-state index is 4.03. The van der Waals surface area contributed by atoms with Gasteiger partial charge < -0.3 is 0 Å². The van der Waals surface area contributed by atoms with Gasteiger partial charge in [0.1, 0.15) is 0 Å². The molecule has 1 aromatic carbocycles. The molecule has 0 amide bonds. The first kappa shape index (κ1) is 10.3. The van der Waals surface area contributed by atoms with Crippen molar-refractivity contribution in [3.63, 3.8) is 0 Å². The van der Waals surface area contributed by atoms with Crippen molar-refractivity contribution in [1.29, 1.82) is 0 Å². The Bertz CT molecular complexity index is 248. The molecule has 0 heterocycles. The first-order chi connectivity index (χ1) is 6.24. The molecule has 1 unspecified atom stereocenters. The van der Waals surface area contributed by atoms with Gasteiger partial charge in [0.25, 0.3) is 0 Å². The van der Waals surface area contributed by atoms with Gasteiger partial charge in [-0.3, -0.25) is 0 Å². The van der Waals surface area contributed by atoms with E-state index in [9.17, 15) is 0 Å². The molecule has 0 heteroatoms. The number of aryl methyl sites for hydroxylation is 1. The average molecular weight is 175 g/mol. The number of benzene rings is 1. The van der Waals surface area contributed by atoms with E-state index >= 15 is 0 Å². The first-order valence-corrected chi connectivity index (χ1v) is 5.16. The number of unbranched alkanes of at least 4 members (excludes halogenated alkanes) is 1. The minimum Gasteiger partial charge on any atom is -0.0654 e. The summed E-state index contributed by atoms with van der Waals surface area (Å²) < 4.78 is 0. The summed E-state index contributed by atoms with van der Waals surface area (Å²) in [5, 5.41) is 0. The molecule has 0 aromatic heterocycles. The van der Waals surface area contributed by atoms with Gasteiger partial charge >= 0.3 is 0 Å². The van der Waals surface area contributed by atoms with Crippen LogP contribution < -0.4 is 0 Å². The van der Waals surface area contributed by atoms with Crippen LogP contribution in [0, 0.1) is 6.92 Å². The van der Waals surface area contributed by atoms with E-state index in [0.29, 0.717) is 5.92 Å². The number of rotatable bonds is 4. The standard InChI is InChI=1S/C13H19/c1-4-5-7-12-8-6-9-13(10-12)11(2)3/h6,8-11H,2,4-5,7H2,1,3H3. The van der Waals surface area contributed by atoms with Crippen LogP contribution in [0.5, 0.6) is 0 Å². The van der Waals surface area contributed by atoms with E-state index in [4.69, 9.17) is 0 Å². The fourth-order valence-electron chi connectivity index (χ4n) is 1.44. The molecule has 1 rings (SSSR count). The third-order valence-electron chi connectivity index (χ3n) is 2.34. The van der Waals surface area contributed by atoms with Crippen molar-refractivity contribution in [2.24, 2.45) is 0 Å². The zero-order valence-corrected chi connectivity index (χ0v) is 8.72. The topological polar surface area (TPSA) is 0 Å². The SMILES string of the molecule is [CH2]C(C)c1cccc(CCCC)c1. The highest BCUT2D eigenvalue weighted by Gasteiger charge is 1.99. The lowest BCUT2D eigenvalue weighted by Crippen LogP contribution is -1.90. The van der Waals surface area contributed by atoms with Gasteiger partial charge in [0.15, 0.2) is 0 Å². The average Bonchev–Trinajstić information content (AvgIpc) is 2.15. The summed E-state index contributed by atoms with van der Waals surface area (Å²) >= 11 is 0. The molecule has 0 spiro atoms. The van der Waals surface area contributed by atoms with Crippen molar-refractivity contribution in [3.8, 4) is 0 Å². The van der Waals surface area contributed by atoms with Gasteiger partial charge in [-0.2, -0.15) is 0 Å². The van der Waals surface area contributed by atoms with E-state index in [1.807, 2.05) is 0 Å². The van der Waals surface area contributed by atoms with E-state index in [2.05, 4.69) is 45.0 Å². The van der Waals surface area contributed by atoms with Gasteiger partial charge in [0.2, 0.25) is 0 Å². The van der Waals surface area contributed by atoms with Crippen molar-refractivity contribution in [3.05, 3.63) is 42.3 Å². The van der Waals surface area contributed by atoms with Crippen LogP contribution >= 0.6 is 0 Å². The molecular formula is C13H19. The maximum atomic E-state index is 4.03. The Balaban J connectivity index is 2.68. The zero-order valence-electron chi connectivity index (χ0n) is 8.72. The third-order valence-corrected chi connectivity index (χ3v) is 2.34. The van der Waals surface area contributed by atoms with Crippen LogP contribution in [0.2, 0.25) is 0 Å². The fourth-order valence-corrected chi connectivity index (χ4v) is 1.44. The Morgan fingerprint density at radius 2 is 2.15 bits per heavy atom. The minimum absolute atomic E-state index is 0.404. The van der Waals surface area contributed by atoms with Crippen LogP contribution in [0.15, 0.2) is 24.3 Å². The number of hydrogen-bond acceptors (Lipinski definition) is 0. The van der Waals surface area contributed by atoms with Crippen LogP contribution in [-0.2, 0) is 6.42 Å². The van der Waals surface area contributed by atoms with E-state index in [0.717, 1.165) is 0 Å². The summed E-state index contributed by atoms with van der Waals surface area (Å²) in [5.41, 5.74) is 2.81. The summed E-state index contributed by atoms with van der Waals surface area (Å²) in [5.74, 6) is 0.404. The summed E-state index contributed by atoms with van der Waals surface area (Å²) in [7, 11) is 0. The molecule has 1 radical (unpaired) electrons. The predicted molar refractivity (Wildman–Crippen MR) is 58.8 cm³/mol. The molecule has 0 aliphatic rings. The molecule has 0 N–H and O–H groups in total. The predicted octanol–water partition coefficient (Wildman–Crippen LogP) is 3.97. The first-order valence-electron chi connectivity index (χ1n) is 5.16. The molecule has 0 fully saturated rings. The molecule has 0 nitrogen and oxygen atoms in total. The van der Waals surface area contributed by atoms with Gasteiger partial charge in [-0.25, -0.2) is 0 Å². The lowest BCUT2D eigenvalue weighted by atomic mass is 9.99. The highest BCUT2D eigenvalue weighted by atomic mass is 14.0. The largest absolute Gasteiger partial charge is 0.0654 e. The summed E-state index contributed by atoms with van der Waals surface area (Å²) in [6.07, 6.45) is 3.76. The Hall–Kier alpha value is -0.780. The molecular weight excluding hydrogens is 156 g/mol. The molecule has 13 heavy (non-hydrogen) atoms. The third kappa shape index (κ3) is 3.22. The van der Waals surface area contributed by atoms with Crippen molar-refractivity contribution in [2.45, 2.75) is 39.0 Å². The quantitative estimate of drug-likeness (QED) is 0.649. The summed E-state index contributed by atoms with van der Waals surface area (Å²) in [6, 6.07) is 8.80. The van der Waals surface area contributed by atoms with Crippen LogP contribution in [0.1, 0.15) is 43.7 Å². The smallest absolute Gasteiger partial charge is 0.0190 e. The molecule has 0 saturated heterocycles. The van der Waals surface area contributed by atoms with Gasteiger partial charge in [-0.1, -0.05) is 44.5 Å². The molecule has 0 bridgehead atoms. The Morgan fingerprint density at radius 3 is 2.77 bits per heavy atom. The van der Waals surface area contributed by atoms with Crippen molar-refractivity contribution >= 4 is 0 Å². The Labute approximate surface area is 82.0 Å². The van der Waals surface area contributed by atoms with Crippen molar-refractivity contribution < 1.29 is 0 Å². The highest BCUT2D eigenvalue weighted by molar-refractivity contribution is 5.26. The highest BCUT2D eigenvalue weighted by Crippen LogP contribution is 2.16. The van der Waals surface area contributed by atoms with Crippen LogP contribution in [-0.4, -0.2) is 0 Å². The minimum atomic E-state index is 0.404. The second-order valence-electron chi connectivity index (χ2n) is 3.75. The summed E-state index contributed by atoms with van der Waals surface area (Å²) in [6.45, 7) is 8.40. The molecule has 1 atom stereocenters. The summed E-state index contributed by atoms with van der Waals surface area (Å²) in [4.78, 5) is 0. The zero-order chi connectivity index (χ0) is 9.68. The van der Waals surface area contributed by atoms with Gasteiger partial charge in [-0.15, -0.1) is 0 Å². The normalized spacial score (nSPS) is 10.8. The molecule has 71 valence electrons. The van der Waals surface area contributed by atoms with Gasteiger partial charge in [-0.05, 0) is 36.8 Å². The van der Waals surface area contributed by atoms with E-state index in [1.54, 1.807) is 0 Å². The van der Waals surface area contributed by atoms with Crippen molar-refractivity contribution in [1.82, 2.24) is 0 Å². The van der Waals surface area contributed by atoms with Crippen LogP contribution in [0.4, 0.5) is 0 Å². The maximum Gasteiger partial charge on any atom is -0.0190 e. The van der Waals surface area contributed by atoms with Crippen LogP contribution in [0.25, 0.3) is 0 Å². The van der Waals surface area contributed by atoms with Crippen molar-refractivity contribution in [2.75, 3.05) is 0 Å². The Morgan fingerprint density at radius 1 is 1.38 bits per heavy atom. The molecule has 0 aliphatic heterocycles. The van der Waals surface area contributed by atoms with E-state index in [-0.39, 0.29) is 0 Å². The van der Waals surface area contributed by atoms with E-state index in [1.165, 1.54) is 30.4 Å². The number of hydrogen-bond donors (Lipinski definition) is 0. The fraction of sp³-hybridized carbons (Fsp3) is 0.462. The monoisotopic (exact) mass is 175 g/mol. The lowest BCUT2D eigenvalue weighted by molar-refractivity contribution is 0.792. The van der Waals surface area contributed by atoms with Gasteiger partial charge in [0, 0.05) is 0 Å². The molecule has 0 saturated carbocycles. The molecule has 0 aliphatic carbocycles. The van der Waals surface area contributed by atoms with E-state index < -0.39 is 0 Å². The lowest BCUT2D eigenvalue weighted by Gasteiger charge is -2.07. The second-order valence-corrected chi connectivity index (χ2v) is 3.75. The molecule has 1 aromatic rings. The Kier molecular flexibility index (Phi) is 4.01. The van der Waals surface area contributed by atoms with Gasteiger partial charge in [0.05, 0.1) is 0 Å².